The molecule has 0 saturated carbocycles. The minimum Gasteiger partial charge on any atom is -0.361 e. The Labute approximate surface area is 120 Å². The summed E-state index contributed by atoms with van der Waals surface area (Å²) in [5, 5.41) is 3.94. The summed E-state index contributed by atoms with van der Waals surface area (Å²) in [6.45, 7) is 1.04. The number of amides is 1. The third-order valence-electron chi connectivity index (χ3n) is 3.58. The van der Waals surface area contributed by atoms with Crippen LogP contribution in [0.3, 0.4) is 0 Å². The molecule has 0 saturated heterocycles. The molecule has 2 N–H and O–H groups in total. The van der Waals surface area contributed by atoms with Gasteiger partial charge < -0.3 is 15.2 Å². The highest BCUT2D eigenvalue weighted by Crippen LogP contribution is 2.21. The second-order valence-corrected chi connectivity index (χ2v) is 5.42. The lowest BCUT2D eigenvalue weighted by molar-refractivity contribution is -0.120. The van der Waals surface area contributed by atoms with Gasteiger partial charge >= 0.3 is 0 Å². The van der Waals surface area contributed by atoms with Crippen LogP contribution in [0.4, 0.5) is 0 Å². The average molecular weight is 273 g/mol. The molecule has 4 nitrogen and oxygen atoms in total. The van der Waals surface area contributed by atoms with Crippen LogP contribution in [-0.2, 0) is 17.6 Å². The first-order chi connectivity index (χ1) is 9.60. The summed E-state index contributed by atoms with van der Waals surface area (Å²) in [6, 6.07) is 6.41. The average Bonchev–Trinajstić information content (AvgIpc) is 2.84. The number of carbonyl (C=O) groups excluding carboxylic acids is 1. The standard InChI is InChI=1S/C16H23N3O/c1-17-16(20)7-5-12-4-6-15-14(10-12)13(11-18-15)8-9-19(2)3/h4,6,10-11,18H,5,7-9H2,1-3H3,(H,17,20). The normalized spacial score (nSPS) is 11.2. The largest absolute Gasteiger partial charge is 0.361 e. The topological polar surface area (TPSA) is 48.1 Å². The van der Waals surface area contributed by atoms with Crippen molar-refractivity contribution in [1.29, 1.82) is 0 Å². The number of aryl methyl sites for hydroxylation is 1. The van der Waals surface area contributed by atoms with Crippen LogP contribution in [0.25, 0.3) is 10.9 Å². The molecular formula is C16H23N3O. The molecule has 1 aromatic carbocycles. The van der Waals surface area contributed by atoms with E-state index >= 15 is 0 Å². The van der Waals surface area contributed by atoms with Crippen molar-refractivity contribution in [3.8, 4) is 0 Å². The van der Waals surface area contributed by atoms with E-state index in [0.717, 1.165) is 19.4 Å². The van der Waals surface area contributed by atoms with Crippen molar-refractivity contribution in [2.75, 3.05) is 27.7 Å². The fourth-order valence-electron chi connectivity index (χ4n) is 2.31. The van der Waals surface area contributed by atoms with E-state index in [1.807, 2.05) is 0 Å². The van der Waals surface area contributed by atoms with Crippen LogP contribution in [0.1, 0.15) is 17.5 Å². The molecule has 1 aromatic heterocycles. The number of nitrogens with one attached hydrogen (secondary N) is 2. The van der Waals surface area contributed by atoms with E-state index in [4.69, 9.17) is 0 Å². The molecule has 20 heavy (non-hydrogen) atoms. The summed E-state index contributed by atoms with van der Waals surface area (Å²) in [4.78, 5) is 16.8. The van der Waals surface area contributed by atoms with Gasteiger partial charge in [-0.3, -0.25) is 4.79 Å². The molecule has 1 heterocycles. The molecule has 0 fully saturated rings. The second-order valence-electron chi connectivity index (χ2n) is 5.42. The quantitative estimate of drug-likeness (QED) is 0.845. The van der Waals surface area contributed by atoms with E-state index in [9.17, 15) is 4.79 Å². The van der Waals surface area contributed by atoms with E-state index in [0.29, 0.717) is 6.42 Å². The number of likely N-dealkylation sites (N-methyl/N-ethyl adjacent to an activating group) is 1. The Hall–Kier alpha value is -1.81. The predicted molar refractivity (Wildman–Crippen MR) is 82.9 cm³/mol. The lowest BCUT2D eigenvalue weighted by Gasteiger charge is -2.08. The number of carbonyl (C=O) groups is 1. The van der Waals surface area contributed by atoms with Gasteiger partial charge in [0.2, 0.25) is 5.91 Å². The van der Waals surface area contributed by atoms with E-state index < -0.39 is 0 Å². The van der Waals surface area contributed by atoms with E-state index in [1.54, 1.807) is 7.05 Å². The number of aromatic amines is 1. The Morgan fingerprint density at radius 3 is 2.80 bits per heavy atom. The molecule has 2 rings (SSSR count). The first-order valence-corrected chi connectivity index (χ1v) is 7.04. The highest BCUT2D eigenvalue weighted by atomic mass is 16.1. The highest BCUT2D eigenvalue weighted by Gasteiger charge is 2.06. The lowest BCUT2D eigenvalue weighted by Crippen LogP contribution is -2.17. The summed E-state index contributed by atoms with van der Waals surface area (Å²) >= 11 is 0. The van der Waals surface area contributed by atoms with Crippen LogP contribution in [0.2, 0.25) is 0 Å². The molecule has 0 atom stereocenters. The number of benzene rings is 1. The number of H-pyrrole nitrogens is 1. The smallest absolute Gasteiger partial charge is 0.220 e. The molecule has 0 aliphatic rings. The molecular weight excluding hydrogens is 250 g/mol. The van der Waals surface area contributed by atoms with Crippen LogP contribution in [-0.4, -0.2) is 43.5 Å². The molecule has 0 aliphatic carbocycles. The molecule has 0 spiro atoms. The molecule has 108 valence electrons. The minimum atomic E-state index is 0.0898. The van der Waals surface area contributed by atoms with Crippen LogP contribution < -0.4 is 5.32 Å². The molecule has 0 radical (unpaired) electrons. The van der Waals surface area contributed by atoms with Gasteiger partial charge in [-0.2, -0.15) is 0 Å². The number of aromatic nitrogens is 1. The van der Waals surface area contributed by atoms with Gasteiger partial charge in [0, 0.05) is 37.1 Å². The van der Waals surface area contributed by atoms with Crippen molar-refractivity contribution in [2.24, 2.45) is 0 Å². The number of hydrogen-bond donors (Lipinski definition) is 2. The van der Waals surface area contributed by atoms with Gasteiger partial charge in [-0.05, 0) is 50.2 Å². The molecule has 2 aromatic rings. The van der Waals surface area contributed by atoms with Crippen LogP contribution in [0, 0.1) is 0 Å². The van der Waals surface area contributed by atoms with Crippen molar-refractivity contribution in [1.82, 2.24) is 15.2 Å². The maximum atomic E-state index is 11.3. The van der Waals surface area contributed by atoms with Crippen LogP contribution >= 0.6 is 0 Å². The Bertz CT molecular complexity index is 586. The fraction of sp³-hybridized carbons (Fsp3) is 0.438. The van der Waals surface area contributed by atoms with Gasteiger partial charge in [-0.15, -0.1) is 0 Å². The first-order valence-electron chi connectivity index (χ1n) is 7.04. The third kappa shape index (κ3) is 3.61. The van der Waals surface area contributed by atoms with Crippen molar-refractivity contribution < 1.29 is 4.79 Å². The highest BCUT2D eigenvalue weighted by molar-refractivity contribution is 5.84. The molecule has 0 aliphatic heterocycles. The summed E-state index contributed by atoms with van der Waals surface area (Å²) in [5.74, 6) is 0.0898. The Morgan fingerprint density at radius 2 is 2.10 bits per heavy atom. The predicted octanol–water partition coefficient (Wildman–Crippen LogP) is 1.95. The van der Waals surface area contributed by atoms with Crippen molar-refractivity contribution in [3.63, 3.8) is 0 Å². The number of fused-ring (bicyclic) bond motifs is 1. The molecule has 4 heteroatoms. The molecule has 0 unspecified atom stereocenters. The van der Waals surface area contributed by atoms with Gasteiger partial charge in [0.15, 0.2) is 0 Å². The third-order valence-corrected chi connectivity index (χ3v) is 3.58. The van der Waals surface area contributed by atoms with Crippen LogP contribution in [0.15, 0.2) is 24.4 Å². The summed E-state index contributed by atoms with van der Waals surface area (Å²) in [5.41, 5.74) is 3.73. The zero-order valence-corrected chi connectivity index (χ0v) is 12.5. The van der Waals surface area contributed by atoms with Gasteiger partial charge in [-0.1, -0.05) is 6.07 Å². The first kappa shape index (κ1) is 14.6. The van der Waals surface area contributed by atoms with Crippen molar-refractivity contribution in [2.45, 2.75) is 19.3 Å². The van der Waals surface area contributed by atoms with Crippen molar-refractivity contribution in [3.05, 3.63) is 35.5 Å². The number of rotatable bonds is 6. The zero-order chi connectivity index (χ0) is 14.5. The Balaban J connectivity index is 2.14. The summed E-state index contributed by atoms with van der Waals surface area (Å²) in [7, 11) is 5.85. The zero-order valence-electron chi connectivity index (χ0n) is 12.5. The summed E-state index contributed by atoms with van der Waals surface area (Å²) < 4.78 is 0. The maximum absolute atomic E-state index is 11.3. The summed E-state index contributed by atoms with van der Waals surface area (Å²) in [6.07, 6.45) is 4.45. The maximum Gasteiger partial charge on any atom is 0.220 e. The Kier molecular flexibility index (Phi) is 4.79. The lowest BCUT2D eigenvalue weighted by atomic mass is 10.0. The van der Waals surface area contributed by atoms with Gasteiger partial charge in [0.1, 0.15) is 0 Å². The number of nitrogens with zero attached hydrogens (tertiary/aromatic N) is 1. The number of hydrogen-bond acceptors (Lipinski definition) is 2. The monoisotopic (exact) mass is 273 g/mol. The Morgan fingerprint density at radius 1 is 1.30 bits per heavy atom. The minimum absolute atomic E-state index is 0.0898. The molecule has 0 bridgehead atoms. The SMILES string of the molecule is CNC(=O)CCc1ccc2[nH]cc(CCN(C)C)c2c1. The van der Waals surface area contributed by atoms with E-state index in [2.05, 4.69) is 53.7 Å². The van der Waals surface area contributed by atoms with E-state index in [1.165, 1.54) is 22.0 Å². The van der Waals surface area contributed by atoms with Gasteiger partial charge in [-0.25, -0.2) is 0 Å². The van der Waals surface area contributed by atoms with Gasteiger partial charge in [0.05, 0.1) is 0 Å². The van der Waals surface area contributed by atoms with Crippen LogP contribution in [0.5, 0.6) is 0 Å². The molecule has 1 amide bonds. The van der Waals surface area contributed by atoms with Crippen molar-refractivity contribution >= 4 is 16.8 Å². The van der Waals surface area contributed by atoms with E-state index in [-0.39, 0.29) is 5.91 Å². The van der Waals surface area contributed by atoms with Gasteiger partial charge in [0.25, 0.3) is 0 Å². The second kappa shape index (κ2) is 6.57. The fourth-order valence-corrected chi connectivity index (χ4v) is 2.31.